The second kappa shape index (κ2) is 6.87. The monoisotopic (exact) mass is 360 g/mol. The number of aromatic nitrogens is 2. The summed E-state index contributed by atoms with van der Waals surface area (Å²) in [5, 5.41) is 6.13. The molecule has 0 radical (unpaired) electrons. The molecule has 22 heavy (non-hydrogen) atoms. The van der Waals surface area contributed by atoms with Gasteiger partial charge in [-0.1, -0.05) is 28.8 Å². The second-order valence-electron chi connectivity index (χ2n) is 5.35. The first-order valence-electron chi connectivity index (χ1n) is 7.37. The lowest BCUT2D eigenvalue weighted by atomic mass is 10.2. The van der Waals surface area contributed by atoms with Crippen molar-refractivity contribution < 1.29 is 4.79 Å². The molecule has 2 N–H and O–H groups in total. The Hall–Kier alpha value is -1.95. The third-order valence-electron chi connectivity index (χ3n) is 3.68. The van der Waals surface area contributed by atoms with E-state index < -0.39 is 0 Å². The summed E-state index contributed by atoms with van der Waals surface area (Å²) >= 11 is 3.39. The first-order chi connectivity index (χ1) is 10.7. The summed E-state index contributed by atoms with van der Waals surface area (Å²) in [5.41, 5.74) is 1.26. The molecule has 114 valence electrons. The first-order valence-corrected chi connectivity index (χ1v) is 8.16. The largest absolute Gasteiger partial charge is 0.348 e. The quantitative estimate of drug-likeness (QED) is 0.872. The van der Waals surface area contributed by atoms with E-state index >= 15 is 0 Å². The minimum Gasteiger partial charge on any atom is -0.348 e. The average molecular weight is 361 g/mol. The Morgan fingerprint density at radius 1 is 1.14 bits per heavy atom. The minimum absolute atomic E-state index is 0.131. The van der Waals surface area contributed by atoms with Crippen LogP contribution < -0.4 is 10.6 Å². The summed E-state index contributed by atoms with van der Waals surface area (Å²) in [4.78, 5) is 20.7. The van der Waals surface area contributed by atoms with Gasteiger partial charge in [-0.15, -0.1) is 0 Å². The molecule has 0 aliphatic heterocycles. The van der Waals surface area contributed by atoms with Gasteiger partial charge < -0.3 is 10.6 Å². The van der Waals surface area contributed by atoms with Crippen molar-refractivity contribution in [2.24, 2.45) is 0 Å². The number of carbonyl (C=O) groups is 1. The van der Waals surface area contributed by atoms with Crippen LogP contribution in [0.4, 0.5) is 11.6 Å². The Kier molecular flexibility index (Phi) is 4.68. The Labute approximate surface area is 137 Å². The van der Waals surface area contributed by atoms with Gasteiger partial charge in [0.2, 0.25) is 5.95 Å². The van der Waals surface area contributed by atoms with Gasteiger partial charge in [-0.25, -0.2) is 9.97 Å². The molecular formula is C16H17BrN4O. The normalized spacial score (nSPS) is 14.8. The van der Waals surface area contributed by atoms with Gasteiger partial charge >= 0.3 is 0 Å². The van der Waals surface area contributed by atoms with Gasteiger partial charge in [-0.2, -0.15) is 0 Å². The van der Waals surface area contributed by atoms with Gasteiger partial charge in [0, 0.05) is 22.4 Å². The predicted octanol–water partition coefficient (Wildman–Crippen LogP) is 3.66. The summed E-state index contributed by atoms with van der Waals surface area (Å²) in [6, 6.07) is 9.61. The summed E-state index contributed by atoms with van der Waals surface area (Å²) < 4.78 is 1.00. The van der Waals surface area contributed by atoms with E-state index in [-0.39, 0.29) is 11.9 Å². The number of carbonyl (C=O) groups excluding carboxylic acids is 1. The zero-order chi connectivity index (χ0) is 15.4. The SMILES string of the molecule is O=C(NC1CCCC1)c1ccnc(Nc2ccc(Br)cc2)n1. The molecule has 1 aromatic heterocycles. The molecule has 0 bridgehead atoms. The Morgan fingerprint density at radius 2 is 1.86 bits per heavy atom. The van der Waals surface area contributed by atoms with Gasteiger partial charge in [0.15, 0.2) is 0 Å². The van der Waals surface area contributed by atoms with Gasteiger partial charge in [0.1, 0.15) is 5.69 Å². The highest BCUT2D eigenvalue weighted by Crippen LogP contribution is 2.19. The average Bonchev–Trinajstić information content (AvgIpc) is 3.03. The molecule has 2 aromatic rings. The van der Waals surface area contributed by atoms with Crippen LogP contribution in [0.1, 0.15) is 36.2 Å². The number of nitrogens with zero attached hydrogens (tertiary/aromatic N) is 2. The van der Waals surface area contributed by atoms with Crippen LogP contribution in [0.15, 0.2) is 41.0 Å². The number of nitrogens with one attached hydrogen (secondary N) is 2. The first kappa shape index (κ1) is 15.0. The zero-order valence-corrected chi connectivity index (χ0v) is 13.6. The predicted molar refractivity (Wildman–Crippen MR) is 89.2 cm³/mol. The standard InChI is InChI=1S/C16H17BrN4O/c17-11-5-7-13(8-6-11)20-16-18-10-9-14(21-16)15(22)19-12-3-1-2-4-12/h5-10,12H,1-4H2,(H,19,22)(H,18,20,21). The van der Waals surface area contributed by atoms with Crippen molar-refractivity contribution in [2.45, 2.75) is 31.7 Å². The van der Waals surface area contributed by atoms with Crippen molar-refractivity contribution in [3.8, 4) is 0 Å². The molecule has 0 atom stereocenters. The van der Waals surface area contributed by atoms with Crippen LogP contribution in [0.25, 0.3) is 0 Å². The lowest BCUT2D eigenvalue weighted by Gasteiger charge is -2.12. The summed E-state index contributed by atoms with van der Waals surface area (Å²) in [6.07, 6.45) is 6.08. The molecule has 1 aliphatic carbocycles. The fourth-order valence-corrected chi connectivity index (χ4v) is 2.80. The third-order valence-corrected chi connectivity index (χ3v) is 4.21. The third kappa shape index (κ3) is 3.82. The van der Waals surface area contributed by atoms with E-state index in [0.29, 0.717) is 11.6 Å². The van der Waals surface area contributed by atoms with E-state index in [1.807, 2.05) is 24.3 Å². The molecule has 0 unspecified atom stereocenters. The van der Waals surface area contributed by atoms with E-state index in [0.717, 1.165) is 23.0 Å². The number of amides is 1. The van der Waals surface area contributed by atoms with Crippen molar-refractivity contribution >= 4 is 33.5 Å². The minimum atomic E-state index is -0.131. The molecule has 3 rings (SSSR count). The summed E-state index contributed by atoms with van der Waals surface area (Å²) in [7, 11) is 0. The Bertz CT molecular complexity index is 653. The summed E-state index contributed by atoms with van der Waals surface area (Å²) in [6.45, 7) is 0. The highest BCUT2D eigenvalue weighted by atomic mass is 79.9. The molecule has 6 heteroatoms. The second-order valence-corrected chi connectivity index (χ2v) is 6.27. The number of benzene rings is 1. The summed E-state index contributed by atoms with van der Waals surface area (Å²) in [5.74, 6) is 0.287. The van der Waals surface area contributed by atoms with Gasteiger partial charge in [0.25, 0.3) is 5.91 Å². The fraction of sp³-hybridized carbons (Fsp3) is 0.312. The zero-order valence-electron chi connectivity index (χ0n) is 12.1. The molecule has 0 spiro atoms. The molecule has 1 saturated carbocycles. The van der Waals surface area contributed by atoms with Gasteiger partial charge in [0.05, 0.1) is 0 Å². The van der Waals surface area contributed by atoms with Crippen LogP contribution in [0.3, 0.4) is 0 Å². The van der Waals surface area contributed by atoms with E-state index in [4.69, 9.17) is 0 Å². The van der Waals surface area contributed by atoms with Crippen LogP contribution in [0.5, 0.6) is 0 Å². The smallest absolute Gasteiger partial charge is 0.270 e. The maximum atomic E-state index is 12.2. The van der Waals surface area contributed by atoms with Crippen molar-refractivity contribution in [2.75, 3.05) is 5.32 Å². The number of hydrogen-bond acceptors (Lipinski definition) is 4. The van der Waals surface area contributed by atoms with Crippen LogP contribution in [0.2, 0.25) is 0 Å². The lowest BCUT2D eigenvalue weighted by Crippen LogP contribution is -2.33. The molecule has 1 fully saturated rings. The van der Waals surface area contributed by atoms with Gasteiger partial charge in [-0.3, -0.25) is 4.79 Å². The molecular weight excluding hydrogens is 344 g/mol. The molecule has 1 aromatic carbocycles. The Morgan fingerprint density at radius 3 is 2.59 bits per heavy atom. The molecule has 0 saturated heterocycles. The lowest BCUT2D eigenvalue weighted by molar-refractivity contribution is 0.0933. The van der Waals surface area contributed by atoms with Crippen LogP contribution in [-0.4, -0.2) is 21.9 Å². The number of anilines is 2. The van der Waals surface area contributed by atoms with Crippen LogP contribution >= 0.6 is 15.9 Å². The molecule has 1 amide bonds. The van der Waals surface area contributed by atoms with Crippen molar-refractivity contribution in [3.63, 3.8) is 0 Å². The fourth-order valence-electron chi connectivity index (χ4n) is 2.54. The van der Waals surface area contributed by atoms with Crippen molar-refractivity contribution in [1.29, 1.82) is 0 Å². The van der Waals surface area contributed by atoms with E-state index in [9.17, 15) is 4.79 Å². The van der Waals surface area contributed by atoms with E-state index in [1.54, 1.807) is 12.3 Å². The van der Waals surface area contributed by atoms with Crippen molar-refractivity contribution in [1.82, 2.24) is 15.3 Å². The van der Waals surface area contributed by atoms with Crippen molar-refractivity contribution in [3.05, 3.63) is 46.7 Å². The van der Waals surface area contributed by atoms with Gasteiger partial charge in [-0.05, 0) is 43.2 Å². The molecule has 1 aliphatic rings. The maximum Gasteiger partial charge on any atom is 0.270 e. The van der Waals surface area contributed by atoms with Crippen LogP contribution in [-0.2, 0) is 0 Å². The van der Waals surface area contributed by atoms with E-state index in [2.05, 4.69) is 36.5 Å². The number of halogens is 1. The topological polar surface area (TPSA) is 66.9 Å². The van der Waals surface area contributed by atoms with E-state index in [1.165, 1.54) is 12.8 Å². The maximum absolute atomic E-state index is 12.2. The number of rotatable bonds is 4. The highest BCUT2D eigenvalue weighted by molar-refractivity contribution is 9.10. The highest BCUT2D eigenvalue weighted by Gasteiger charge is 2.18. The Balaban J connectivity index is 1.68. The molecule has 1 heterocycles. The van der Waals surface area contributed by atoms with Crippen LogP contribution in [0, 0.1) is 0 Å². The molecule has 5 nitrogen and oxygen atoms in total. The number of hydrogen-bond donors (Lipinski definition) is 2.